The van der Waals surface area contributed by atoms with Gasteiger partial charge in [0.2, 0.25) is 5.96 Å². The SMILES string of the molecule is CN(C)c1ccc(C2C=NN=C(N3CCC(O)CC3)N2c2ccc(N(C)C)cc2)cc1. The van der Waals surface area contributed by atoms with E-state index >= 15 is 0 Å². The molecule has 1 atom stereocenters. The Labute approximate surface area is 184 Å². The Balaban J connectivity index is 1.71. The number of hydrogen-bond acceptors (Lipinski definition) is 7. The van der Waals surface area contributed by atoms with Crippen molar-refractivity contribution >= 4 is 29.2 Å². The summed E-state index contributed by atoms with van der Waals surface area (Å²) in [7, 11) is 8.18. The topological polar surface area (TPSA) is 57.9 Å². The van der Waals surface area contributed by atoms with E-state index in [-0.39, 0.29) is 12.1 Å². The highest BCUT2D eigenvalue weighted by Crippen LogP contribution is 2.32. The van der Waals surface area contributed by atoms with Crippen molar-refractivity contribution < 1.29 is 5.11 Å². The van der Waals surface area contributed by atoms with Crippen molar-refractivity contribution in [2.24, 2.45) is 10.2 Å². The molecule has 31 heavy (non-hydrogen) atoms. The maximum atomic E-state index is 9.97. The molecule has 0 radical (unpaired) electrons. The van der Waals surface area contributed by atoms with Crippen LogP contribution in [-0.4, -0.2) is 69.6 Å². The van der Waals surface area contributed by atoms with E-state index in [4.69, 9.17) is 0 Å². The molecule has 1 saturated heterocycles. The van der Waals surface area contributed by atoms with Crippen LogP contribution in [0, 0.1) is 0 Å². The molecular weight excluding hydrogens is 388 g/mol. The number of guanidine groups is 1. The average molecular weight is 421 g/mol. The summed E-state index contributed by atoms with van der Waals surface area (Å²) in [6.07, 6.45) is 3.18. The molecule has 0 aliphatic carbocycles. The maximum absolute atomic E-state index is 9.97. The predicted octanol–water partition coefficient (Wildman–Crippen LogP) is 3.18. The minimum absolute atomic E-state index is 0.0548. The lowest BCUT2D eigenvalue weighted by molar-refractivity contribution is 0.108. The Morgan fingerprint density at radius 1 is 0.839 bits per heavy atom. The van der Waals surface area contributed by atoms with Crippen molar-refractivity contribution in [1.29, 1.82) is 0 Å². The second-order valence-electron chi connectivity index (χ2n) is 8.59. The number of rotatable bonds is 4. The van der Waals surface area contributed by atoms with Crippen molar-refractivity contribution in [3.8, 4) is 0 Å². The van der Waals surface area contributed by atoms with Gasteiger partial charge in [-0.1, -0.05) is 12.1 Å². The molecule has 1 fully saturated rings. The highest BCUT2D eigenvalue weighted by Gasteiger charge is 2.32. The van der Waals surface area contributed by atoms with E-state index in [0.717, 1.165) is 54.5 Å². The highest BCUT2D eigenvalue weighted by molar-refractivity contribution is 6.02. The molecule has 2 aliphatic heterocycles. The Morgan fingerprint density at radius 3 is 1.94 bits per heavy atom. The van der Waals surface area contributed by atoms with Gasteiger partial charge in [-0.15, -0.1) is 5.10 Å². The molecule has 1 unspecified atom stereocenters. The molecule has 0 spiro atoms. The fourth-order valence-corrected chi connectivity index (χ4v) is 4.06. The zero-order valence-electron chi connectivity index (χ0n) is 18.8. The van der Waals surface area contributed by atoms with Crippen LogP contribution in [0.25, 0.3) is 0 Å². The van der Waals surface area contributed by atoms with Crippen molar-refractivity contribution in [2.45, 2.75) is 25.0 Å². The number of anilines is 3. The van der Waals surface area contributed by atoms with Gasteiger partial charge in [0.25, 0.3) is 0 Å². The lowest BCUT2D eigenvalue weighted by Crippen LogP contribution is -2.51. The summed E-state index contributed by atoms with van der Waals surface area (Å²) < 4.78 is 0. The molecule has 7 nitrogen and oxygen atoms in total. The van der Waals surface area contributed by atoms with Gasteiger partial charge in [-0.05, 0) is 54.8 Å². The van der Waals surface area contributed by atoms with Gasteiger partial charge in [-0.2, -0.15) is 5.10 Å². The molecule has 7 heteroatoms. The van der Waals surface area contributed by atoms with Crippen LogP contribution in [0.2, 0.25) is 0 Å². The number of benzene rings is 2. The van der Waals surface area contributed by atoms with Crippen LogP contribution in [0.3, 0.4) is 0 Å². The first-order chi connectivity index (χ1) is 14.9. The van der Waals surface area contributed by atoms with Gasteiger partial charge >= 0.3 is 0 Å². The van der Waals surface area contributed by atoms with Gasteiger partial charge < -0.3 is 19.8 Å². The van der Waals surface area contributed by atoms with E-state index in [0.29, 0.717) is 0 Å². The van der Waals surface area contributed by atoms with E-state index in [1.165, 1.54) is 0 Å². The Morgan fingerprint density at radius 2 is 1.39 bits per heavy atom. The summed E-state index contributed by atoms with van der Waals surface area (Å²) in [6.45, 7) is 1.54. The Kier molecular flexibility index (Phi) is 6.13. The van der Waals surface area contributed by atoms with Crippen molar-refractivity contribution in [1.82, 2.24) is 4.90 Å². The third-order valence-corrected chi connectivity index (χ3v) is 5.99. The lowest BCUT2D eigenvalue weighted by Gasteiger charge is -2.41. The average Bonchev–Trinajstić information content (AvgIpc) is 2.79. The maximum Gasteiger partial charge on any atom is 0.227 e. The number of nitrogens with zero attached hydrogens (tertiary/aromatic N) is 6. The number of likely N-dealkylation sites (tertiary alicyclic amines) is 1. The molecule has 1 N–H and O–H groups in total. The zero-order valence-corrected chi connectivity index (χ0v) is 18.8. The first kappa shape index (κ1) is 21.2. The number of hydrogen-bond donors (Lipinski definition) is 1. The van der Waals surface area contributed by atoms with Gasteiger partial charge in [-0.3, -0.25) is 4.90 Å². The molecule has 2 aliphatic rings. The number of aliphatic hydroxyl groups excluding tert-OH is 1. The van der Waals surface area contributed by atoms with E-state index in [1.807, 2.05) is 34.4 Å². The zero-order chi connectivity index (χ0) is 22.0. The first-order valence-corrected chi connectivity index (χ1v) is 10.8. The fourth-order valence-electron chi connectivity index (χ4n) is 4.06. The van der Waals surface area contributed by atoms with Gasteiger partial charge in [0.1, 0.15) is 0 Å². The number of aliphatic hydroxyl groups is 1. The lowest BCUT2D eigenvalue weighted by atomic mass is 10.0. The van der Waals surface area contributed by atoms with Crippen molar-refractivity contribution in [3.05, 3.63) is 54.1 Å². The van der Waals surface area contributed by atoms with E-state index in [1.54, 1.807) is 0 Å². The summed E-state index contributed by atoms with van der Waals surface area (Å²) in [5, 5.41) is 18.9. The minimum Gasteiger partial charge on any atom is -0.393 e. The molecule has 0 saturated carbocycles. The predicted molar refractivity (Wildman–Crippen MR) is 129 cm³/mol. The third kappa shape index (κ3) is 4.51. The third-order valence-electron chi connectivity index (χ3n) is 5.99. The summed E-state index contributed by atoms with van der Waals surface area (Å²) in [6, 6.07) is 17.1. The fraction of sp³-hybridized carbons (Fsp3) is 0.417. The van der Waals surface area contributed by atoms with E-state index < -0.39 is 0 Å². The smallest absolute Gasteiger partial charge is 0.227 e. The van der Waals surface area contributed by atoms with Gasteiger partial charge in [0, 0.05) is 58.3 Å². The standard InChI is InChI=1S/C24H32N6O/c1-27(2)19-7-5-18(6-8-19)23-17-25-26-24(29-15-13-22(31)14-16-29)30(23)21-11-9-20(10-12-21)28(3)4/h5-12,17,22-23,31H,13-16H2,1-4H3. The molecule has 0 aromatic heterocycles. The van der Waals surface area contributed by atoms with Gasteiger partial charge in [-0.25, -0.2) is 0 Å². The summed E-state index contributed by atoms with van der Waals surface area (Å²) in [5.74, 6) is 0.841. The molecule has 0 amide bonds. The van der Waals surface area contributed by atoms with Crippen LogP contribution in [0.15, 0.2) is 58.7 Å². The summed E-state index contributed by atoms with van der Waals surface area (Å²) in [4.78, 5) is 8.70. The molecule has 2 heterocycles. The van der Waals surface area contributed by atoms with Gasteiger partial charge in [0.05, 0.1) is 18.4 Å². The normalized spacial score (nSPS) is 19.4. The molecule has 4 rings (SSSR count). The first-order valence-electron chi connectivity index (χ1n) is 10.8. The monoisotopic (exact) mass is 420 g/mol. The molecule has 164 valence electrons. The summed E-state index contributed by atoms with van der Waals surface area (Å²) >= 11 is 0. The summed E-state index contributed by atoms with van der Waals surface area (Å²) in [5.41, 5.74) is 4.55. The molecule has 2 aromatic carbocycles. The second-order valence-corrected chi connectivity index (χ2v) is 8.59. The van der Waals surface area contributed by atoms with Crippen LogP contribution in [-0.2, 0) is 0 Å². The molecular formula is C24H32N6O. The van der Waals surface area contributed by atoms with E-state index in [2.05, 4.69) is 78.3 Å². The van der Waals surface area contributed by atoms with Crippen molar-refractivity contribution in [3.63, 3.8) is 0 Å². The quantitative estimate of drug-likeness (QED) is 0.823. The van der Waals surface area contributed by atoms with Gasteiger partial charge in [0.15, 0.2) is 0 Å². The van der Waals surface area contributed by atoms with Crippen LogP contribution >= 0.6 is 0 Å². The van der Waals surface area contributed by atoms with Crippen LogP contribution in [0.4, 0.5) is 17.1 Å². The minimum atomic E-state index is -0.230. The van der Waals surface area contributed by atoms with Crippen LogP contribution in [0.1, 0.15) is 24.4 Å². The number of piperidine rings is 1. The molecule has 0 bridgehead atoms. The molecule has 2 aromatic rings. The van der Waals surface area contributed by atoms with E-state index in [9.17, 15) is 5.11 Å². The largest absolute Gasteiger partial charge is 0.393 e. The second kappa shape index (κ2) is 8.98. The Hall–Kier alpha value is -3.06. The van der Waals surface area contributed by atoms with Crippen LogP contribution in [0.5, 0.6) is 0 Å². The van der Waals surface area contributed by atoms with Crippen LogP contribution < -0.4 is 14.7 Å². The Bertz CT molecular complexity index is 928. The highest BCUT2D eigenvalue weighted by atomic mass is 16.3. The van der Waals surface area contributed by atoms with Crippen molar-refractivity contribution in [2.75, 3.05) is 56.0 Å².